The molecule has 0 saturated carbocycles. The van der Waals surface area contributed by atoms with Crippen LogP contribution in [0.15, 0.2) is 28.8 Å². The molecule has 1 aromatic carbocycles. The summed E-state index contributed by atoms with van der Waals surface area (Å²) in [4.78, 5) is 14.9. The van der Waals surface area contributed by atoms with E-state index < -0.39 is 0 Å². The quantitative estimate of drug-likeness (QED) is 0.580. The van der Waals surface area contributed by atoms with E-state index in [-0.39, 0.29) is 6.03 Å². The molecule has 2 amide bonds. The van der Waals surface area contributed by atoms with Crippen LogP contribution in [0.4, 0.5) is 22.1 Å². The van der Waals surface area contributed by atoms with E-state index in [2.05, 4.69) is 73.5 Å². The molecule has 0 fully saturated rings. The molecule has 0 unspecified atom stereocenters. The van der Waals surface area contributed by atoms with E-state index >= 15 is 0 Å². The van der Waals surface area contributed by atoms with E-state index in [1.807, 2.05) is 6.92 Å². The summed E-state index contributed by atoms with van der Waals surface area (Å²) in [5.74, 6) is 1.38. The van der Waals surface area contributed by atoms with Gasteiger partial charge in [-0.25, -0.2) is 4.79 Å². The summed E-state index contributed by atoms with van der Waals surface area (Å²) < 4.78 is 5.09. The number of aromatic nitrogens is 1. The van der Waals surface area contributed by atoms with Crippen LogP contribution in [0.25, 0.3) is 0 Å². The summed E-state index contributed by atoms with van der Waals surface area (Å²) in [5.41, 5.74) is 3.80. The van der Waals surface area contributed by atoms with Crippen molar-refractivity contribution in [3.63, 3.8) is 0 Å². The summed E-state index contributed by atoms with van der Waals surface area (Å²) in [5, 5.41) is 9.53. The second kappa shape index (κ2) is 10.2. The monoisotopic (exact) mass is 386 g/mol. The zero-order valence-corrected chi connectivity index (χ0v) is 18.0. The van der Waals surface area contributed by atoms with E-state index in [0.717, 1.165) is 43.0 Å². The molecule has 6 heteroatoms. The standard InChI is InChI=1S/C22H34N4O2/c1-7-8-18-9-10-20(26(13-15(2)3)14-16(4)5)19(12-18)23-22(27)24-21-11-17(6)25-28-21/h9-12,15-16H,7-8,13-14H2,1-6H3,(H2,23,24,27). The highest BCUT2D eigenvalue weighted by Crippen LogP contribution is 2.29. The minimum absolute atomic E-state index is 0.333. The number of rotatable bonds is 9. The molecule has 1 heterocycles. The molecule has 0 aliphatic heterocycles. The number of hydrogen-bond donors (Lipinski definition) is 2. The van der Waals surface area contributed by atoms with Crippen molar-refractivity contribution in [3.05, 3.63) is 35.5 Å². The van der Waals surface area contributed by atoms with E-state index in [1.54, 1.807) is 6.07 Å². The fourth-order valence-electron chi connectivity index (χ4n) is 3.24. The van der Waals surface area contributed by atoms with Gasteiger partial charge in [-0.3, -0.25) is 5.32 Å². The van der Waals surface area contributed by atoms with Crippen molar-refractivity contribution < 1.29 is 9.32 Å². The predicted molar refractivity (Wildman–Crippen MR) is 116 cm³/mol. The van der Waals surface area contributed by atoms with Crippen molar-refractivity contribution in [1.29, 1.82) is 0 Å². The highest BCUT2D eigenvalue weighted by atomic mass is 16.5. The Hall–Kier alpha value is -2.50. The Bertz CT molecular complexity index is 758. The van der Waals surface area contributed by atoms with Gasteiger partial charge in [0.05, 0.1) is 17.1 Å². The third-order valence-corrected chi connectivity index (χ3v) is 4.22. The van der Waals surface area contributed by atoms with E-state index in [1.165, 1.54) is 5.56 Å². The first-order valence-corrected chi connectivity index (χ1v) is 10.2. The van der Waals surface area contributed by atoms with Gasteiger partial charge in [0.15, 0.2) is 0 Å². The number of nitrogens with one attached hydrogen (secondary N) is 2. The maximum atomic E-state index is 12.6. The van der Waals surface area contributed by atoms with Gasteiger partial charge in [-0.05, 0) is 42.9 Å². The van der Waals surface area contributed by atoms with Crippen LogP contribution in [0.3, 0.4) is 0 Å². The Morgan fingerprint density at radius 2 is 1.79 bits per heavy atom. The summed E-state index contributed by atoms with van der Waals surface area (Å²) in [6.45, 7) is 14.7. The van der Waals surface area contributed by atoms with E-state index in [4.69, 9.17) is 4.52 Å². The lowest BCUT2D eigenvalue weighted by Crippen LogP contribution is -2.32. The van der Waals surface area contributed by atoms with Crippen LogP contribution in [0.2, 0.25) is 0 Å². The molecule has 2 aromatic rings. The lowest BCUT2D eigenvalue weighted by Gasteiger charge is -2.30. The molecule has 2 rings (SSSR count). The molecule has 0 atom stereocenters. The minimum atomic E-state index is -0.333. The molecule has 0 bridgehead atoms. The first kappa shape index (κ1) is 21.8. The molecule has 154 valence electrons. The third-order valence-electron chi connectivity index (χ3n) is 4.22. The fourth-order valence-corrected chi connectivity index (χ4v) is 3.24. The van der Waals surface area contributed by atoms with Crippen LogP contribution < -0.4 is 15.5 Å². The Morgan fingerprint density at radius 3 is 2.32 bits per heavy atom. The second-order valence-electron chi connectivity index (χ2n) is 8.21. The average molecular weight is 387 g/mol. The average Bonchev–Trinajstić information content (AvgIpc) is 2.98. The van der Waals surface area contributed by atoms with Crippen LogP contribution in [0.1, 0.15) is 52.3 Å². The van der Waals surface area contributed by atoms with Gasteiger partial charge in [0, 0.05) is 19.2 Å². The summed E-state index contributed by atoms with van der Waals surface area (Å²) >= 11 is 0. The predicted octanol–water partition coefficient (Wildman–Crippen LogP) is 5.70. The van der Waals surface area contributed by atoms with Crippen LogP contribution in [0, 0.1) is 18.8 Å². The number of aryl methyl sites for hydroxylation is 2. The number of urea groups is 1. The maximum absolute atomic E-state index is 12.6. The molecular weight excluding hydrogens is 352 g/mol. The molecular formula is C22H34N4O2. The number of carbonyl (C=O) groups excluding carboxylic acids is 1. The Kier molecular flexibility index (Phi) is 7.91. The minimum Gasteiger partial charge on any atom is -0.369 e. The van der Waals surface area contributed by atoms with Crippen molar-refractivity contribution >= 4 is 23.3 Å². The fraction of sp³-hybridized carbons (Fsp3) is 0.545. The first-order valence-electron chi connectivity index (χ1n) is 10.2. The van der Waals surface area contributed by atoms with Crippen molar-refractivity contribution in [2.75, 3.05) is 28.6 Å². The van der Waals surface area contributed by atoms with Crippen LogP contribution >= 0.6 is 0 Å². The molecule has 0 spiro atoms. The largest absolute Gasteiger partial charge is 0.369 e. The molecule has 28 heavy (non-hydrogen) atoms. The van der Waals surface area contributed by atoms with Crippen molar-refractivity contribution in [2.45, 2.75) is 54.4 Å². The third kappa shape index (κ3) is 6.59. The molecule has 1 aromatic heterocycles. The number of hydrogen-bond acceptors (Lipinski definition) is 4. The lowest BCUT2D eigenvalue weighted by molar-refractivity contribution is 0.261. The van der Waals surface area contributed by atoms with Gasteiger partial charge in [0.25, 0.3) is 0 Å². The van der Waals surface area contributed by atoms with Crippen LogP contribution in [-0.2, 0) is 6.42 Å². The zero-order chi connectivity index (χ0) is 20.7. The molecule has 6 nitrogen and oxygen atoms in total. The van der Waals surface area contributed by atoms with E-state index in [9.17, 15) is 4.79 Å². The molecule has 0 aliphatic rings. The zero-order valence-electron chi connectivity index (χ0n) is 18.0. The Morgan fingerprint density at radius 1 is 1.11 bits per heavy atom. The summed E-state index contributed by atoms with van der Waals surface area (Å²) in [6, 6.07) is 7.73. The molecule has 0 saturated heterocycles. The number of amides is 2. The highest BCUT2D eigenvalue weighted by molar-refractivity contribution is 6.01. The topological polar surface area (TPSA) is 70.4 Å². The Balaban J connectivity index is 2.29. The number of carbonyl (C=O) groups is 1. The number of nitrogens with zero attached hydrogens (tertiary/aromatic N) is 2. The van der Waals surface area contributed by atoms with Crippen molar-refractivity contribution in [2.24, 2.45) is 11.8 Å². The first-order chi connectivity index (χ1) is 13.3. The number of anilines is 3. The highest BCUT2D eigenvalue weighted by Gasteiger charge is 2.17. The SMILES string of the molecule is CCCc1ccc(N(CC(C)C)CC(C)C)c(NC(=O)Nc2cc(C)no2)c1. The van der Waals surface area contributed by atoms with Crippen molar-refractivity contribution in [3.8, 4) is 0 Å². The van der Waals surface area contributed by atoms with Gasteiger partial charge in [-0.15, -0.1) is 0 Å². The van der Waals surface area contributed by atoms with Crippen molar-refractivity contribution in [1.82, 2.24) is 5.16 Å². The molecule has 0 aliphatic carbocycles. The van der Waals surface area contributed by atoms with Crippen LogP contribution in [-0.4, -0.2) is 24.3 Å². The van der Waals surface area contributed by atoms with Gasteiger partial charge in [-0.2, -0.15) is 0 Å². The molecule has 0 radical (unpaired) electrons. The lowest BCUT2D eigenvalue weighted by atomic mass is 10.1. The summed E-state index contributed by atoms with van der Waals surface area (Å²) in [7, 11) is 0. The maximum Gasteiger partial charge on any atom is 0.326 e. The normalized spacial score (nSPS) is 11.1. The summed E-state index contributed by atoms with van der Waals surface area (Å²) in [6.07, 6.45) is 2.04. The Labute approximate surface area is 168 Å². The second-order valence-corrected chi connectivity index (χ2v) is 8.21. The molecule has 2 N–H and O–H groups in total. The van der Waals surface area contributed by atoms with Gasteiger partial charge in [0.1, 0.15) is 0 Å². The van der Waals surface area contributed by atoms with Gasteiger partial charge in [0.2, 0.25) is 5.88 Å². The van der Waals surface area contributed by atoms with Gasteiger partial charge < -0.3 is 14.7 Å². The smallest absolute Gasteiger partial charge is 0.326 e. The van der Waals surface area contributed by atoms with Crippen LogP contribution in [0.5, 0.6) is 0 Å². The van der Waals surface area contributed by atoms with Gasteiger partial charge in [-0.1, -0.05) is 52.3 Å². The van der Waals surface area contributed by atoms with E-state index in [0.29, 0.717) is 17.7 Å². The van der Waals surface area contributed by atoms with Gasteiger partial charge >= 0.3 is 6.03 Å². The number of benzene rings is 1.